The number of fused-ring (bicyclic) bond motifs is 1. The topological polar surface area (TPSA) is 105 Å². The number of imidazole rings is 1. The fourth-order valence-corrected chi connectivity index (χ4v) is 2.99. The first-order valence-corrected chi connectivity index (χ1v) is 9.45. The molecule has 0 unspecified atom stereocenters. The summed E-state index contributed by atoms with van der Waals surface area (Å²) in [4.78, 5) is 22.3. The van der Waals surface area contributed by atoms with Crippen molar-refractivity contribution in [3.05, 3.63) is 53.4 Å². The number of carbonyl (C=O) groups excluding carboxylic acids is 1. The lowest BCUT2D eigenvalue weighted by Gasteiger charge is -2.22. The van der Waals surface area contributed by atoms with Gasteiger partial charge in [0.15, 0.2) is 0 Å². The number of amides is 1. The Balaban J connectivity index is 0.000000229. The summed E-state index contributed by atoms with van der Waals surface area (Å²) in [6, 6.07) is 3.61. The maximum Gasteiger partial charge on any atom is 0.416 e. The average Bonchev–Trinajstić information content (AvgIpc) is 3.04. The molecule has 166 valence electrons. The quantitative estimate of drug-likeness (QED) is 0.675. The molecule has 0 aliphatic carbocycles. The van der Waals surface area contributed by atoms with Gasteiger partial charge in [0.25, 0.3) is 5.91 Å². The van der Waals surface area contributed by atoms with Crippen LogP contribution in [0.25, 0.3) is 11.0 Å². The van der Waals surface area contributed by atoms with Crippen LogP contribution in [-0.2, 0) is 29.1 Å². The van der Waals surface area contributed by atoms with E-state index in [4.69, 9.17) is 15.2 Å². The molecule has 1 aliphatic heterocycles. The number of ether oxygens (including phenoxy) is 2. The van der Waals surface area contributed by atoms with Crippen LogP contribution in [0, 0.1) is 6.92 Å². The molecule has 2 aromatic heterocycles. The molecule has 11 heteroatoms. The summed E-state index contributed by atoms with van der Waals surface area (Å²) in [5.41, 5.74) is 6.23. The van der Waals surface area contributed by atoms with Gasteiger partial charge in [-0.2, -0.15) is 13.2 Å². The normalized spacial score (nSPS) is 16.6. The number of carbonyl (C=O) groups is 1. The predicted molar refractivity (Wildman–Crippen MR) is 105 cm³/mol. The molecule has 1 aromatic carbocycles. The molecule has 1 fully saturated rings. The van der Waals surface area contributed by atoms with Crippen molar-refractivity contribution in [1.29, 1.82) is 0 Å². The highest BCUT2D eigenvalue weighted by Crippen LogP contribution is 2.31. The van der Waals surface area contributed by atoms with Crippen LogP contribution in [0.15, 0.2) is 30.6 Å². The fourth-order valence-electron chi connectivity index (χ4n) is 2.99. The molecule has 0 bridgehead atoms. The Morgan fingerprint density at radius 3 is 2.61 bits per heavy atom. The van der Waals surface area contributed by atoms with Crippen molar-refractivity contribution >= 4 is 16.9 Å². The van der Waals surface area contributed by atoms with Crippen LogP contribution in [0.3, 0.4) is 0 Å². The SMILES string of the molecule is Cc1cnc(C(N)=O)cn1.Cn1c(C[C@H]2COCCO2)nc2cc(C(F)(F)F)ccc21. The van der Waals surface area contributed by atoms with Gasteiger partial charge < -0.3 is 19.8 Å². The van der Waals surface area contributed by atoms with E-state index in [2.05, 4.69) is 15.0 Å². The Hall–Kier alpha value is -3.05. The van der Waals surface area contributed by atoms with E-state index >= 15 is 0 Å². The third-order valence-corrected chi connectivity index (χ3v) is 4.63. The van der Waals surface area contributed by atoms with Crippen LogP contribution < -0.4 is 5.73 Å². The summed E-state index contributed by atoms with van der Waals surface area (Å²) in [6.45, 7) is 3.38. The molecule has 3 aromatic rings. The zero-order chi connectivity index (χ0) is 22.6. The monoisotopic (exact) mass is 437 g/mol. The molecule has 0 saturated carbocycles. The molecular weight excluding hydrogens is 415 g/mol. The van der Waals surface area contributed by atoms with Crippen molar-refractivity contribution in [2.45, 2.75) is 25.6 Å². The van der Waals surface area contributed by atoms with Gasteiger partial charge in [-0.1, -0.05) is 0 Å². The first-order chi connectivity index (χ1) is 14.6. The Kier molecular flexibility index (Phi) is 6.86. The van der Waals surface area contributed by atoms with Gasteiger partial charge in [-0.05, 0) is 25.1 Å². The highest BCUT2D eigenvalue weighted by Gasteiger charge is 2.31. The summed E-state index contributed by atoms with van der Waals surface area (Å²) in [7, 11) is 1.79. The molecule has 0 spiro atoms. The van der Waals surface area contributed by atoms with Crippen LogP contribution in [-0.4, -0.2) is 51.4 Å². The predicted octanol–water partition coefficient (Wildman–Crippen LogP) is 2.43. The molecule has 0 radical (unpaired) electrons. The van der Waals surface area contributed by atoms with Gasteiger partial charge in [-0.15, -0.1) is 0 Å². The van der Waals surface area contributed by atoms with Gasteiger partial charge in [0.2, 0.25) is 0 Å². The lowest BCUT2D eigenvalue weighted by Crippen LogP contribution is -2.31. The van der Waals surface area contributed by atoms with E-state index in [1.165, 1.54) is 18.5 Å². The number of hydrogen-bond donors (Lipinski definition) is 1. The number of nitrogens with two attached hydrogens (primary N) is 1. The Morgan fingerprint density at radius 1 is 1.26 bits per heavy atom. The number of rotatable bonds is 3. The van der Waals surface area contributed by atoms with Crippen molar-refractivity contribution in [1.82, 2.24) is 19.5 Å². The molecule has 3 heterocycles. The second-order valence-electron chi connectivity index (χ2n) is 6.97. The molecule has 1 saturated heterocycles. The minimum Gasteiger partial charge on any atom is -0.376 e. The summed E-state index contributed by atoms with van der Waals surface area (Å²) in [5.74, 6) is 0.146. The second-order valence-corrected chi connectivity index (χ2v) is 6.97. The lowest BCUT2D eigenvalue weighted by atomic mass is 10.2. The van der Waals surface area contributed by atoms with Gasteiger partial charge in [-0.3, -0.25) is 9.78 Å². The first kappa shape index (κ1) is 22.6. The van der Waals surface area contributed by atoms with Crippen molar-refractivity contribution < 1.29 is 27.4 Å². The Labute approximate surface area is 176 Å². The zero-order valence-electron chi connectivity index (χ0n) is 17.0. The lowest BCUT2D eigenvalue weighted by molar-refractivity contribution is -0.137. The van der Waals surface area contributed by atoms with Crippen molar-refractivity contribution in [3.8, 4) is 0 Å². The van der Waals surface area contributed by atoms with E-state index in [1.54, 1.807) is 18.5 Å². The maximum atomic E-state index is 12.7. The molecule has 8 nitrogen and oxygen atoms in total. The molecule has 31 heavy (non-hydrogen) atoms. The van der Waals surface area contributed by atoms with Crippen LogP contribution in [0.4, 0.5) is 13.2 Å². The van der Waals surface area contributed by atoms with Gasteiger partial charge >= 0.3 is 6.18 Å². The summed E-state index contributed by atoms with van der Waals surface area (Å²) in [6.07, 6.45) is -1.08. The second kappa shape index (κ2) is 9.40. The number of aromatic nitrogens is 4. The Morgan fingerprint density at radius 2 is 2.03 bits per heavy atom. The number of benzene rings is 1. The fraction of sp³-hybridized carbons (Fsp3) is 0.400. The van der Waals surface area contributed by atoms with Crippen molar-refractivity contribution in [3.63, 3.8) is 0 Å². The average molecular weight is 437 g/mol. The minimum absolute atomic E-state index is 0.101. The van der Waals surface area contributed by atoms with Crippen molar-refractivity contribution in [2.75, 3.05) is 19.8 Å². The standard InChI is InChI=1S/C14H15F3N2O2.C6H7N3O/c1-19-12-3-2-9(14(15,16)17)6-11(12)18-13(19)7-10-8-20-4-5-21-10;1-4-2-9-5(3-8-4)6(7)10/h2-3,6,10H,4-5,7-8H2,1H3;2-3H,1H3,(H2,7,10)/t10-;/m0./s1. The van der Waals surface area contributed by atoms with Crippen LogP contribution in [0.1, 0.15) is 27.6 Å². The van der Waals surface area contributed by atoms with Crippen molar-refractivity contribution in [2.24, 2.45) is 12.8 Å². The van der Waals surface area contributed by atoms with Gasteiger partial charge in [0.1, 0.15) is 11.5 Å². The van der Waals surface area contributed by atoms with E-state index in [9.17, 15) is 18.0 Å². The van der Waals surface area contributed by atoms with E-state index in [0.717, 1.165) is 17.8 Å². The number of primary amides is 1. The van der Waals surface area contributed by atoms with E-state index in [0.29, 0.717) is 43.1 Å². The number of hydrogen-bond acceptors (Lipinski definition) is 6. The van der Waals surface area contributed by atoms with Crippen LogP contribution in [0.2, 0.25) is 0 Å². The zero-order valence-corrected chi connectivity index (χ0v) is 17.0. The highest BCUT2D eigenvalue weighted by atomic mass is 19.4. The van der Waals surface area contributed by atoms with Gasteiger partial charge in [0, 0.05) is 19.7 Å². The number of nitrogens with zero attached hydrogens (tertiary/aromatic N) is 4. The largest absolute Gasteiger partial charge is 0.416 e. The number of halogens is 3. The summed E-state index contributed by atoms with van der Waals surface area (Å²) < 4.78 is 50.8. The Bertz CT molecular complexity index is 1040. The van der Waals surface area contributed by atoms with Crippen LogP contribution in [0.5, 0.6) is 0 Å². The van der Waals surface area contributed by atoms with E-state index in [-0.39, 0.29) is 11.8 Å². The molecular formula is C20H22F3N5O3. The highest BCUT2D eigenvalue weighted by molar-refractivity contribution is 5.90. The minimum atomic E-state index is -4.35. The molecule has 2 N–H and O–H groups in total. The smallest absolute Gasteiger partial charge is 0.376 e. The molecule has 1 atom stereocenters. The maximum absolute atomic E-state index is 12.7. The third kappa shape index (κ3) is 5.76. The third-order valence-electron chi connectivity index (χ3n) is 4.63. The van der Waals surface area contributed by atoms with E-state index in [1.807, 2.05) is 0 Å². The summed E-state index contributed by atoms with van der Waals surface area (Å²) >= 11 is 0. The van der Waals surface area contributed by atoms with Gasteiger partial charge in [0.05, 0.1) is 54.4 Å². The number of aryl methyl sites for hydroxylation is 2. The first-order valence-electron chi connectivity index (χ1n) is 9.45. The molecule has 1 aliphatic rings. The van der Waals surface area contributed by atoms with Gasteiger partial charge in [-0.25, -0.2) is 9.97 Å². The summed E-state index contributed by atoms with van der Waals surface area (Å²) in [5, 5.41) is 0. The van der Waals surface area contributed by atoms with E-state index < -0.39 is 17.6 Å². The molecule has 4 rings (SSSR count). The van der Waals surface area contributed by atoms with Crippen LogP contribution >= 0.6 is 0 Å². The molecule has 1 amide bonds. The number of alkyl halides is 3.